The van der Waals surface area contributed by atoms with Crippen LogP contribution in [0.1, 0.15) is 12.1 Å². The van der Waals surface area contributed by atoms with Crippen molar-refractivity contribution < 1.29 is 15.0 Å². The predicted molar refractivity (Wildman–Crippen MR) is 112 cm³/mol. The third-order valence-corrected chi connectivity index (χ3v) is 5.19. The highest BCUT2D eigenvalue weighted by atomic mass is 16.4. The van der Waals surface area contributed by atoms with E-state index in [-0.39, 0.29) is 12.2 Å². The van der Waals surface area contributed by atoms with Gasteiger partial charge in [0, 0.05) is 44.7 Å². The molecule has 31 heavy (non-hydrogen) atoms. The molecular weight excluding hydrogens is 402 g/mol. The van der Waals surface area contributed by atoms with Crippen molar-refractivity contribution in [2.75, 3.05) is 37.7 Å². The van der Waals surface area contributed by atoms with Crippen LogP contribution in [-0.4, -0.2) is 78.5 Å². The molecule has 1 aliphatic rings. The molecule has 0 bridgehead atoms. The molecule has 4 rings (SSSR count). The summed E-state index contributed by atoms with van der Waals surface area (Å²) in [7, 11) is 0. The van der Waals surface area contributed by atoms with Crippen LogP contribution in [0.2, 0.25) is 0 Å². The van der Waals surface area contributed by atoms with Gasteiger partial charge in [0.1, 0.15) is 0 Å². The van der Waals surface area contributed by atoms with E-state index in [0.29, 0.717) is 56.2 Å². The number of amides is 1. The van der Waals surface area contributed by atoms with Crippen molar-refractivity contribution in [3.05, 3.63) is 58.9 Å². The largest absolute Gasteiger partial charge is 0.465 e. The second-order valence-electron chi connectivity index (χ2n) is 7.18. The summed E-state index contributed by atoms with van der Waals surface area (Å²) in [6.45, 7) is 1.43. The maximum atomic E-state index is 13.3. The van der Waals surface area contributed by atoms with E-state index in [2.05, 4.69) is 15.3 Å². The number of hydrogen-bond donors (Lipinski definition) is 2. The second-order valence-corrected chi connectivity index (χ2v) is 7.18. The molecule has 3 heterocycles. The number of carboxylic acid groups (broad SMARTS) is 1. The number of aromatic nitrogens is 5. The third-order valence-electron chi connectivity index (χ3n) is 5.19. The maximum Gasteiger partial charge on any atom is 0.407 e. The first-order chi connectivity index (χ1) is 15.1. The molecule has 3 aromatic rings. The summed E-state index contributed by atoms with van der Waals surface area (Å²) in [5.74, 6) is 0.292. The molecule has 11 heteroatoms. The number of rotatable bonds is 6. The number of piperazine rings is 1. The van der Waals surface area contributed by atoms with E-state index >= 15 is 0 Å². The van der Waals surface area contributed by atoms with Crippen LogP contribution in [0, 0.1) is 0 Å². The Morgan fingerprint density at radius 2 is 1.77 bits per heavy atom. The van der Waals surface area contributed by atoms with Crippen LogP contribution in [0.3, 0.4) is 0 Å². The van der Waals surface area contributed by atoms with E-state index in [9.17, 15) is 14.7 Å². The van der Waals surface area contributed by atoms with Gasteiger partial charge in [0.2, 0.25) is 0 Å². The van der Waals surface area contributed by atoms with Gasteiger partial charge in [-0.05, 0) is 37.1 Å². The minimum Gasteiger partial charge on any atom is -0.465 e. The third kappa shape index (κ3) is 4.40. The number of nitrogens with zero attached hydrogens (tertiary/aromatic N) is 7. The van der Waals surface area contributed by atoms with Crippen molar-refractivity contribution in [3.8, 4) is 11.4 Å². The zero-order chi connectivity index (χ0) is 21.8. The molecule has 0 saturated carbocycles. The fraction of sp³-hybridized carbons (Fsp3) is 0.350. The predicted octanol–water partition coefficient (Wildman–Crippen LogP) is 0.538. The molecular formula is C20H23N7O4. The van der Waals surface area contributed by atoms with Crippen LogP contribution < -0.4 is 10.5 Å². The Kier molecular flexibility index (Phi) is 5.94. The van der Waals surface area contributed by atoms with Gasteiger partial charge < -0.3 is 20.0 Å². The monoisotopic (exact) mass is 425 g/mol. The standard InChI is InChI=1S/C20H23N7O4/c28-13-1-2-15-14-26(16-3-5-17(6-4-16)27-8-7-21-23-27)19(29)18(22-15)24-9-11-25(12-10-24)20(30)31/h3-8,14,28H,1-2,9-13H2,(H,30,31). The van der Waals surface area contributed by atoms with Crippen LogP contribution in [0.5, 0.6) is 0 Å². The first-order valence-corrected chi connectivity index (χ1v) is 10.00. The van der Waals surface area contributed by atoms with E-state index in [0.717, 1.165) is 5.69 Å². The van der Waals surface area contributed by atoms with Crippen LogP contribution in [0.25, 0.3) is 11.4 Å². The summed E-state index contributed by atoms with van der Waals surface area (Å²) in [5, 5.41) is 26.1. The zero-order valence-corrected chi connectivity index (χ0v) is 16.8. The highest BCUT2D eigenvalue weighted by Gasteiger charge is 2.24. The molecule has 2 N–H and O–H groups in total. The summed E-state index contributed by atoms with van der Waals surface area (Å²) in [6, 6.07) is 7.33. The van der Waals surface area contributed by atoms with Gasteiger partial charge in [-0.2, -0.15) is 0 Å². The van der Waals surface area contributed by atoms with Gasteiger partial charge in [-0.25, -0.2) is 14.5 Å². The Labute approximate surface area is 177 Å². The quantitative estimate of drug-likeness (QED) is 0.585. The van der Waals surface area contributed by atoms with Crippen LogP contribution in [0.4, 0.5) is 10.6 Å². The first kappa shape index (κ1) is 20.5. The molecule has 0 aliphatic carbocycles. The van der Waals surface area contributed by atoms with Crippen molar-refractivity contribution in [2.24, 2.45) is 0 Å². The molecule has 2 aromatic heterocycles. The zero-order valence-electron chi connectivity index (χ0n) is 16.8. The molecule has 162 valence electrons. The molecule has 1 aromatic carbocycles. The van der Waals surface area contributed by atoms with Crippen molar-refractivity contribution >= 4 is 11.9 Å². The Morgan fingerprint density at radius 3 is 2.39 bits per heavy atom. The van der Waals surface area contributed by atoms with Gasteiger partial charge in [0.15, 0.2) is 5.82 Å². The highest BCUT2D eigenvalue weighted by molar-refractivity contribution is 5.65. The van der Waals surface area contributed by atoms with E-state index in [1.54, 1.807) is 27.8 Å². The van der Waals surface area contributed by atoms with E-state index in [1.807, 2.05) is 29.2 Å². The molecule has 11 nitrogen and oxygen atoms in total. The normalized spacial score (nSPS) is 14.1. The number of aliphatic hydroxyl groups excluding tert-OH is 1. The van der Waals surface area contributed by atoms with Gasteiger partial charge in [0.05, 0.1) is 23.8 Å². The lowest BCUT2D eigenvalue weighted by molar-refractivity contribution is 0.142. The smallest absolute Gasteiger partial charge is 0.407 e. The topological polar surface area (TPSA) is 130 Å². The molecule has 0 radical (unpaired) electrons. The van der Waals surface area contributed by atoms with E-state index < -0.39 is 6.09 Å². The average Bonchev–Trinajstić information content (AvgIpc) is 3.33. The van der Waals surface area contributed by atoms with E-state index in [4.69, 9.17) is 5.11 Å². The molecule has 0 unspecified atom stereocenters. The molecule has 0 atom stereocenters. The summed E-state index contributed by atoms with van der Waals surface area (Å²) < 4.78 is 3.17. The fourth-order valence-electron chi connectivity index (χ4n) is 3.53. The van der Waals surface area contributed by atoms with Gasteiger partial charge in [0.25, 0.3) is 5.56 Å². The van der Waals surface area contributed by atoms with Gasteiger partial charge in [-0.1, -0.05) is 5.21 Å². The number of benzene rings is 1. The minimum absolute atomic E-state index is 0.0278. The van der Waals surface area contributed by atoms with Crippen molar-refractivity contribution in [1.29, 1.82) is 0 Å². The number of anilines is 1. The van der Waals surface area contributed by atoms with Crippen molar-refractivity contribution in [1.82, 2.24) is 29.4 Å². The van der Waals surface area contributed by atoms with Crippen LogP contribution in [-0.2, 0) is 6.42 Å². The second kappa shape index (κ2) is 8.96. The van der Waals surface area contributed by atoms with E-state index in [1.165, 1.54) is 4.90 Å². The Hall–Kier alpha value is -3.73. The van der Waals surface area contributed by atoms with Gasteiger partial charge in [-0.3, -0.25) is 9.36 Å². The lowest BCUT2D eigenvalue weighted by atomic mass is 10.2. The Balaban J connectivity index is 1.68. The lowest BCUT2D eigenvalue weighted by Gasteiger charge is -2.33. The molecule has 1 aliphatic heterocycles. The number of aryl methyl sites for hydroxylation is 1. The first-order valence-electron chi connectivity index (χ1n) is 10.00. The van der Waals surface area contributed by atoms with Gasteiger partial charge >= 0.3 is 6.09 Å². The Morgan fingerprint density at radius 1 is 1.06 bits per heavy atom. The van der Waals surface area contributed by atoms with Crippen LogP contribution in [0.15, 0.2) is 47.7 Å². The Bertz CT molecular complexity index is 1090. The molecule has 1 fully saturated rings. The molecule has 0 spiro atoms. The maximum absolute atomic E-state index is 13.3. The number of aliphatic hydroxyl groups is 1. The summed E-state index contributed by atoms with van der Waals surface area (Å²) >= 11 is 0. The van der Waals surface area contributed by atoms with Crippen LogP contribution >= 0.6 is 0 Å². The summed E-state index contributed by atoms with van der Waals surface area (Å²) in [5.41, 5.74) is 1.90. The van der Waals surface area contributed by atoms with Crippen molar-refractivity contribution in [3.63, 3.8) is 0 Å². The lowest BCUT2D eigenvalue weighted by Crippen LogP contribution is -2.50. The average molecular weight is 425 g/mol. The summed E-state index contributed by atoms with van der Waals surface area (Å²) in [6.07, 6.45) is 5.10. The molecule has 1 saturated heterocycles. The molecule has 1 amide bonds. The fourth-order valence-corrected chi connectivity index (χ4v) is 3.53. The number of hydrogen-bond acceptors (Lipinski definition) is 7. The number of carbonyl (C=O) groups is 1. The summed E-state index contributed by atoms with van der Waals surface area (Å²) in [4.78, 5) is 32.1. The SMILES string of the molecule is O=C(O)N1CCN(c2nc(CCCO)cn(-c3ccc(-n4ccnn4)cc3)c2=O)CC1. The van der Waals surface area contributed by atoms with Gasteiger partial charge in [-0.15, -0.1) is 5.10 Å². The van der Waals surface area contributed by atoms with Crippen molar-refractivity contribution in [2.45, 2.75) is 12.8 Å². The minimum atomic E-state index is -0.964. The highest BCUT2D eigenvalue weighted by Crippen LogP contribution is 2.16.